The van der Waals surface area contributed by atoms with Crippen molar-refractivity contribution in [2.45, 2.75) is 5.75 Å². The maximum atomic E-state index is 12.4. The van der Waals surface area contributed by atoms with Gasteiger partial charge in [0.2, 0.25) is 10.0 Å². The highest BCUT2D eigenvalue weighted by Crippen LogP contribution is 2.12. The number of nitrogens with zero attached hydrogens (tertiary/aromatic N) is 4. The third kappa shape index (κ3) is 4.95. The molecule has 1 saturated heterocycles. The summed E-state index contributed by atoms with van der Waals surface area (Å²) in [6, 6.07) is 1.55. The van der Waals surface area contributed by atoms with Gasteiger partial charge in [0.25, 0.3) is 0 Å². The normalized spacial score (nSPS) is 17.3. The summed E-state index contributed by atoms with van der Waals surface area (Å²) in [6.45, 7) is 5.91. The molecule has 0 atom stereocenters. The van der Waals surface area contributed by atoms with E-state index in [1.54, 1.807) is 13.1 Å². The lowest BCUT2D eigenvalue weighted by molar-refractivity contribution is 0.260. The molecule has 1 aromatic rings. The van der Waals surface area contributed by atoms with Crippen molar-refractivity contribution in [3.63, 3.8) is 0 Å². The third-order valence-electron chi connectivity index (χ3n) is 3.40. The molecule has 2 rings (SSSR count). The molecule has 0 aliphatic carbocycles. The number of aliphatic imine (C=N–C) groups is 1. The Labute approximate surface area is 140 Å². The molecule has 1 aromatic heterocycles. The first-order valence-electron chi connectivity index (χ1n) is 7.08. The van der Waals surface area contributed by atoms with Crippen LogP contribution in [0.5, 0.6) is 0 Å². The number of sulfonamides is 1. The molecule has 0 spiro atoms. The topological polar surface area (TPSA) is 91.0 Å². The van der Waals surface area contributed by atoms with E-state index in [-0.39, 0.29) is 5.75 Å². The molecular formula is C13H20ClN5O3S. The van der Waals surface area contributed by atoms with E-state index in [1.807, 2.05) is 4.90 Å². The monoisotopic (exact) mass is 361 g/mol. The Bertz CT molecular complexity index is 651. The lowest BCUT2D eigenvalue weighted by Crippen LogP contribution is -2.54. The Balaban J connectivity index is 1.91. The minimum atomic E-state index is -3.40. The van der Waals surface area contributed by atoms with E-state index >= 15 is 0 Å². The second-order valence-electron chi connectivity index (χ2n) is 5.05. The maximum absolute atomic E-state index is 12.4. The van der Waals surface area contributed by atoms with Gasteiger partial charge >= 0.3 is 0 Å². The van der Waals surface area contributed by atoms with Gasteiger partial charge in [-0.2, -0.15) is 4.31 Å². The standard InChI is InChI=1S/C13H20ClN5O3S/c1-11(14)9-16-13(15-2)18-4-6-19(7-5-18)23(20,21)10-12-3-8-22-17-12/h3,8H,1,4-7,9-10H2,2H3,(H,15,16). The second kappa shape index (κ2) is 7.80. The highest BCUT2D eigenvalue weighted by Gasteiger charge is 2.28. The molecule has 128 valence electrons. The van der Waals surface area contributed by atoms with E-state index < -0.39 is 10.0 Å². The molecule has 8 nitrogen and oxygen atoms in total. The van der Waals surface area contributed by atoms with Crippen LogP contribution in [0.1, 0.15) is 5.69 Å². The molecule has 0 radical (unpaired) electrons. The Kier molecular flexibility index (Phi) is 6.03. The van der Waals surface area contributed by atoms with Crippen LogP contribution in [0.3, 0.4) is 0 Å². The van der Waals surface area contributed by atoms with Crippen LogP contribution in [-0.2, 0) is 15.8 Å². The lowest BCUT2D eigenvalue weighted by atomic mass is 10.4. The summed E-state index contributed by atoms with van der Waals surface area (Å²) in [5.41, 5.74) is 0.408. The Morgan fingerprint density at radius 1 is 1.48 bits per heavy atom. The van der Waals surface area contributed by atoms with Crippen molar-refractivity contribution in [2.75, 3.05) is 39.8 Å². The van der Waals surface area contributed by atoms with Gasteiger partial charge < -0.3 is 14.7 Å². The number of rotatable bonds is 5. The summed E-state index contributed by atoms with van der Waals surface area (Å²) in [5.74, 6) is 0.531. The van der Waals surface area contributed by atoms with Crippen molar-refractivity contribution >= 4 is 27.6 Å². The molecule has 23 heavy (non-hydrogen) atoms. The van der Waals surface area contributed by atoms with Gasteiger partial charge in [0, 0.05) is 44.3 Å². The van der Waals surface area contributed by atoms with Crippen molar-refractivity contribution in [2.24, 2.45) is 4.99 Å². The Morgan fingerprint density at radius 3 is 2.70 bits per heavy atom. The van der Waals surface area contributed by atoms with E-state index in [4.69, 9.17) is 11.6 Å². The van der Waals surface area contributed by atoms with Gasteiger partial charge in [0.15, 0.2) is 5.96 Å². The van der Waals surface area contributed by atoms with E-state index in [0.717, 1.165) is 0 Å². The number of aromatic nitrogens is 1. The molecule has 0 amide bonds. The molecule has 1 N–H and O–H groups in total. The van der Waals surface area contributed by atoms with Crippen LogP contribution < -0.4 is 5.32 Å². The van der Waals surface area contributed by atoms with Gasteiger partial charge in [-0.25, -0.2) is 8.42 Å². The average Bonchev–Trinajstić information content (AvgIpc) is 3.00. The summed E-state index contributed by atoms with van der Waals surface area (Å²) in [5, 5.41) is 7.22. The first kappa shape index (κ1) is 17.8. The van der Waals surface area contributed by atoms with E-state index in [2.05, 4.69) is 26.6 Å². The minimum absolute atomic E-state index is 0.150. The zero-order chi connectivity index (χ0) is 16.9. The molecule has 2 heterocycles. The molecule has 0 aromatic carbocycles. The van der Waals surface area contributed by atoms with Crippen LogP contribution in [0.2, 0.25) is 0 Å². The number of nitrogens with one attached hydrogen (secondary N) is 1. The third-order valence-corrected chi connectivity index (χ3v) is 5.35. The van der Waals surface area contributed by atoms with Crippen molar-refractivity contribution in [3.05, 3.63) is 29.6 Å². The van der Waals surface area contributed by atoms with Crippen LogP contribution in [-0.4, -0.2) is 68.5 Å². The molecule has 1 aliphatic rings. The zero-order valence-electron chi connectivity index (χ0n) is 12.9. The van der Waals surface area contributed by atoms with Gasteiger partial charge in [0.05, 0.1) is 12.2 Å². The molecule has 1 aliphatic heterocycles. The Morgan fingerprint density at radius 2 is 2.17 bits per heavy atom. The number of hydrogen-bond acceptors (Lipinski definition) is 5. The number of guanidine groups is 1. The summed E-state index contributed by atoms with van der Waals surface area (Å²) in [6.07, 6.45) is 1.36. The first-order valence-corrected chi connectivity index (χ1v) is 9.07. The summed E-state index contributed by atoms with van der Waals surface area (Å²) in [7, 11) is -1.73. The average molecular weight is 362 g/mol. The lowest BCUT2D eigenvalue weighted by Gasteiger charge is -2.35. The van der Waals surface area contributed by atoms with Gasteiger partial charge in [-0.05, 0) is 0 Å². The smallest absolute Gasteiger partial charge is 0.220 e. The SMILES string of the molecule is C=C(Cl)CNC(=NC)N1CCN(S(=O)(=O)Cc2ccon2)CC1. The molecule has 0 bridgehead atoms. The second-order valence-corrected chi connectivity index (χ2v) is 7.55. The molecule has 0 unspecified atom stereocenters. The summed E-state index contributed by atoms with van der Waals surface area (Å²) in [4.78, 5) is 6.16. The Hall–Kier alpha value is -1.58. The predicted octanol–water partition coefficient (Wildman–Crippen LogP) is 0.450. The first-order chi connectivity index (χ1) is 10.9. The number of hydrogen-bond donors (Lipinski definition) is 1. The maximum Gasteiger partial charge on any atom is 0.220 e. The fourth-order valence-corrected chi connectivity index (χ4v) is 3.77. The van der Waals surface area contributed by atoms with Gasteiger partial charge in [0.1, 0.15) is 12.0 Å². The van der Waals surface area contributed by atoms with E-state index in [0.29, 0.717) is 49.4 Å². The van der Waals surface area contributed by atoms with Crippen LogP contribution in [0.15, 0.2) is 33.5 Å². The highest BCUT2D eigenvalue weighted by atomic mass is 35.5. The van der Waals surface area contributed by atoms with Crippen molar-refractivity contribution in [1.29, 1.82) is 0 Å². The predicted molar refractivity (Wildman–Crippen MR) is 88.6 cm³/mol. The van der Waals surface area contributed by atoms with E-state index in [1.165, 1.54) is 10.6 Å². The molecule has 1 fully saturated rings. The quantitative estimate of drug-likeness (QED) is 0.605. The molecule has 0 saturated carbocycles. The van der Waals surface area contributed by atoms with Gasteiger partial charge in [-0.3, -0.25) is 4.99 Å². The van der Waals surface area contributed by atoms with Crippen molar-refractivity contribution in [3.8, 4) is 0 Å². The fraction of sp³-hybridized carbons (Fsp3) is 0.538. The van der Waals surface area contributed by atoms with Crippen LogP contribution in [0, 0.1) is 0 Å². The van der Waals surface area contributed by atoms with E-state index in [9.17, 15) is 8.42 Å². The van der Waals surface area contributed by atoms with Crippen molar-refractivity contribution in [1.82, 2.24) is 19.7 Å². The van der Waals surface area contributed by atoms with Crippen LogP contribution in [0.25, 0.3) is 0 Å². The number of piperazine rings is 1. The largest absolute Gasteiger partial charge is 0.364 e. The van der Waals surface area contributed by atoms with Crippen molar-refractivity contribution < 1.29 is 12.9 Å². The zero-order valence-corrected chi connectivity index (χ0v) is 14.5. The fourth-order valence-electron chi connectivity index (χ4n) is 2.28. The van der Waals surface area contributed by atoms with Crippen LogP contribution in [0.4, 0.5) is 0 Å². The molecule has 10 heteroatoms. The van der Waals surface area contributed by atoms with Gasteiger partial charge in [-0.15, -0.1) is 0 Å². The van der Waals surface area contributed by atoms with Crippen LogP contribution >= 0.6 is 11.6 Å². The minimum Gasteiger partial charge on any atom is -0.364 e. The summed E-state index contributed by atoms with van der Waals surface area (Å²) >= 11 is 5.74. The molecular weight excluding hydrogens is 342 g/mol. The summed E-state index contributed by atoms with van der Waals surface area (Å²) < 4.78 is 30.9. The highest BCUT2D eigenvalue weighted by molar-refractivity contribution is 7.88. The number of halogens is 1. The van der Waals surface area contributed by atoms with Gasteiger partial charge in [-0.1, -0.05) is 23.3 Å².